The van der Waals surface area contributed by atoms with Crippen molar-refractivity contribution in [3.05, 3.63) is 30.3 Å². The van der Waals surface area contributed by atoms with Crippen molar-refractivity contribution in [2.45, 2.75) is 17.0 Å². The Morgan fingerprint density at radius 2 is 1.44 bits per heavy atom. The van der Waals surface area contributed by atoms with E-state index in [2.05, 4.69) is 0 Å². The average Bonchev–Trinajstić information content (AvgIpc) is 2.14. The second-order valence-electron chi connectivity index (χ2n) is 3.61. The Hall–Kier alpha value is -1.06. The third-order valence-electron chi connectivity index (χ3n) is 2.04. The maximum Gasteiger partial charge on any atom is 0.454 e. The van der Waals surface area contributed by atoms with Crippen molar-refractivity contribution >= 4 is 9.63 Å². The number of sulfone groups is 3. The fraction of sp³-hybridized carbons (Fsp3) is 0.333. The summed E-state index contributed by atoms with van der Waals surface area (Å²) in [4.78, 5) is -1.11. The Kier molecular flexibility index (Phi) is 3.31. The molecule has 0 unspecified atom stereocenters. The lowest BCUT2D eigenvalue weighted by Crippen LogP contribution is -2.51. The van der Waals surface area contributed by atoms with Gasteiger partial charge in [-0.15, -0.1) is 0 Å². The maximum atomic E-state index is 12.7. The molecule has 0 fully saturated rings. The van der Waals surface area contributed by atoms with E-state index in [1.165, 1.54) is 6.07 Å². The van der Waals surface area contributed by atoms with Crippen molar-refractivity contribution in [1.82, 2.24) is 0 Å². The zero-order valence-corrected chi connectivity index (χ0v) is 9.43. The van der Waals surface area contributed by atoms with Gasteiger partial charge in [0.2, 0.25) is 0 Å². The highest BCUT2D eigenvalue weighted by Crippen LogP contribution is 2.42. The van der Waals surface area contributed by atoms with Crippen LogP contribution in [0.4, 0.5) is 22.0 Å². The molecule has 0 atom stereocenters. The van der Waals surface area contributed by atoms with E-state index < -0.39 is 32.4 Å². The lowest BCUT2D eigenvalue weighted by Gasteiger charge is -2.56. The fourth-order valence-corrected chi connectivity index (χ4v) is 2.80. The van der Waals surface area contributed by atoms with Crippen LogP contribution >= 0.6 is 0 Å². The van der Waals surface area contributed by atoms with Gasteiger partial charge < -0.3 is 13.3 Å². The molecular weight excluding hydrogens is 283 g/mol. The second kappa shape index (κ2) is 3.97. The van der Waals surface area contributed by atoms with E-state index in [-0.39, 0.29) is 0 Å². The van der Waals surface area contributed by atoms with E-state index in [0.717, 1.165) is 12.1 Å². The highest BCUT2D eigenvalue weighted by molar-refractivity contribution is 8.10. The first kappa shape index (κ1) is 15.0. The number of benzene rings is 1. The predicted molar refractivity (Wildman–Crippen MR) is 50.3 cm³/mol. The number of halogens is 5. The molecule has 0 saturated heterocycles. The van der Waals surface area contributed by atoms with Gasteiger partial charge in [0.1, 0.15) is 0 Å². The maximum absolute atomic E-state index is 12.7. The van der Waals surface area contributed by atoms with Crippen LogP contribution in [0.5, 0.6) is 0 Å². The zero-order valence-electron chi connectivity index (χ0n) is 8.62. The normalized spacial score (nSPS) is 16.1. The Morgan fingerprint density at radius 3 is 1.83 bits per heavy atom. The van der Waals surface area contributed by atoms with E-state index in [9.17, 15) is 35.3 Å². The topological polar surface area (TPSA) is 63.2 Å². The molecule has 1 aromatic carbocycles. The predicted octanol–water partition coefficient (Wildman–Crippen LogP) is 2.32. The smallest absolute Gasteiger partial charge is 0.454 e. The van der Waals surface area contributed by atoms with Crippen LogP contribution in [0.2, 0.25) is 0 Å². The summed E-state index contributed by atoms with van der Waals surface area (Å²) >= 11 is 0. The summed E-state index contributed by atoms with van der Waals surface area (Å²) in [7, 11) is -6.75. The van der Waals surface area contributed by atoms with Crippen LogP contribution in [-0.4, -0.2) is 31.2 Å². The summed E-state index contributed by atoms with van der Waals surface area (Å²) in [5, 5.41) is 0. The van der Waals surface area contributed by atoms with Crippen LogP contribution in [0, 0.1) is 0 Å². The van der Waals surface area contributed by atoms with Crippen molar-refractivity contribution in [2.75, 3.05) is 5.75 Å². The van der Waals surface area contributed by atoms with E-state index in [4.69, 9.17) is 0 Å². The molecule has 0 aliphatic carbocycles. The standard InChI is InChI=1S/C9H9F5O3S/c10-8(11,9(12,13)14)6-18(15,16,17)7-4-2-1-3-5-7/h1-5H,6H2,(H2,15,16,17)/p-2. The van der Waals surface area contributed by atoms with Crippen molar-refractivity contribution in [3.63, 3.8) is 0 Å². The van der Waals surface area contributed by atoms with Gasteiger partial charge in [-0.05, 0) is 17.0 Å². The molecule has 104 valence electrons. The molecule has 1 aromatic rings. The molecule has 1 rings (SSSR count). The highest BCUT2D eigenvalue weighted by Gasteiger charge is 2.58. The minimum Gasteiger partial charge on any atom is -0.795 e. The molecule has 0 bridgehead atoms. The Morgan fingerprint density at radius 1 is 1.00 bits per heavy atom. The van der Waals surface area contributed by atoms with Crippen molar-refractivity contribution in [1.29, 1.82) is 0 Å². The third kappa shape index (κ3) is 3.03. The summed E-state index contributed by atoms with van der Waals surface area (Å²) in [6, 6.07) is 4.71. The van der Waals surface area contributed by atoms with Crippen molar-refractivity contribution in [3.8, 4) is 0 Å². The molecule has 0 aliphatic rings. The summed E-state index contributed by atoms with van der Waals surface area (Å²) in [6.07, 6.45) is -6.10. The SMILES string of the molecule is O=S([O-])([O-])(CC(F)(F)C(F)(F)F)c1ccccc1. The van der Waals surface area contributed by atoms with Gasteiger partial charge in [0.15, 0.2) is 0 Å². The third-order valence-corrected chi connectivity index (χ3v) is 4.09. The van der Waals surface area contributed by atoms with E-state index in [0.29, 0.717) is 12.1 Å². The van der Waals surface area contributed by atoms with Gasteiger partial charge in [-0.1, -0.05) is 18.2 Å². The summed E-state index contributed by atoms with van der Waals surface area (Å²) in [6.45, 7) is 0. The van der Waals surface area contributed by atoms with Gasteiger partial charge in [-0.25, -0.2) is 0 Å². The zero-order chi connectivity index (χ0) is 14.3. The molecule has 9 heteroatoms. The van der Waals surface area contributed by atoms with Crippen molar-refractivity contribution in [2.24, 2.45) is 0 Å². The van der Waals surface area contributed by atoms with Crippen LogP contribution in [-0.2, 0) is 9.63 Å². The van der Waals surface area contributed by atoms with E-state index in [1.807, 2.05) is 0 Å². The monoisotopic (exact) mass is 290 g/mol. The summed E-state index contributed by atoms with van der Waals surface area (Å²) in [5.41, 5.74) is 0. The summed E-state index contributed by atoms with van der Waals surface area (Å²) < 4.78 is 95.1. The number of hydrogen-bond donors (Lipinski definition) is 0. The molecule has 0 radical (unpaired) electrons. The van der Waals surface area contributed by atoms with Gasteiger partial charge in [0, 0.05) is 0 Å². The number of rotatable bonds is 3. The highest BCUT2D eigenvalue weighted by atomic mass is 32.3. The largest absolute Gasteiger partial charge is 0.795 e. The molecule has 0 amide bonds. The molecule has 0 saturated carbocycles. The van der Waals surface area contributed by atoms with Gasteiger partial charge in [-0.3, -0.25) is 0 Å². The molecule has 0 aromatic heterocycles. The lowest BCUT2D eigenvalue weighted by molar-refractivity contribution is -0.272. The van der Waals surface area contributed by atoms with Crippen LogP contribution in [0.1, 0.15) is 0 Å². The first-order valence-corrected chi connectivity index (χ1v) is 6.44. The number of hydrogen-bond acceptors (Lipinski definition) is 3. The van der Waals surface area contributed by atoms with Gasteiger partial charge in [0.25, 0.3) is 0 Å². The first-order valence-electron chi connectivity index (χ1n) is 4.45. The Bertz CT molecular complexity index is 491. The average molecular weight is 290 g/mol. The van der Waals surface area contributed by atoms with E-state index in [1.54, 1.807) is 0 Å². The first-order chi connectivity index (χ1) is 7.84. The molecule has 18 heavy (non-hydrogen) atoms. The summed E-state index contributed by atoms with van der Waals surface area (Å²) in [5.74, 6) is -8.45. The second-order valence-corrected chi connectivity index (χ2v) is 6.28. The molecular formula is C9H7F5O3S-2. The minimum absolute atomic E-state index is 0.668. The number of alkyl halides is 5. The fourth-order valence-electron chi connectivity index (χ4n) is 1.16. The molecule has 0 heterocycles. The molecule has 0 N–H and O–H groups in total. The van der Waals surface area contributed by atoms with Gasteiger partial charge in [-0.2, -0.15) is 31.6 Å². The quantitative estimate of drug-likeness (QED) is 0.802. The molecule has 3 nitrogen and oxygen atoms in total. The van der Waals surface area contributed by atoms with Crippen LogP contribution in [0.15, 0.2) is 35.2 Å². The molecule has 0 aliphatic heterocycles. The Labute approximate surface area is 98.7 Å². The van der Waals surface area contributed by atoms with Crippen molar-refractivity contribution < 1.29 is 35.3 Å². The van der Waals surface area contributed by atoms with E-state index >= 15 is 0 Å². The Balaban J connectivity index is 3.20. The van der Waals surface area contributed by atoms with Crippen LogP contribution in [0.25, 0.3) is 0 Å². The van der Waals surface area contributed by atoms with Gasteiger partial charge >= 0.3 is 12.1 Å². The molecule has 0 spiro atoms. The van der Waals surface area contributed by atoms with Gasteiger partial charge in [0.05, 0.1) is 5.75 Å². The minimum atomic E-state index is -6.75. The van der Waals surface area contributed by atoms with Crippen LogP contribution in [0.3, 0.4) is 0 Å². The lowest BCUT2D eigenvalue weighted by atomic mass is 10.4. The van der Waals surface area contributed by atoms with Crippen LogP contribution < -0.4 is 0 Å².